The molecule has 2 aromatic heterocycles. The Morgan fingerprint density at radius 3 is 2.94 bits per heavy atom. The van der Waals surface area contributed by atoms with Gasteiger partial charge in [0.05, 0.1) is 0 Å². The summed E-state index contributed by atoms with van der Waals surface area (Å²) in [6.45, 7) is 4.06. The summed E-state index contributed by atoms with van der Waals surface area (Å²) in [6.07, 6.45) is 1.42. The van der Waals surface area contributed by atoms with Gasteiger partial charge in [0.2, 0.25) is 5.89 Å². The van der Waals surface area contributed by atoms with Gasteiger partial charge >= 0.3 is 5.97 Å². The Kier molecular flexibility index (Phi) is 2.90. The number of carboxylic acids is 1. The van der Waals surface area contributed by atoms with Crippen LogP contribution in [0.4, 0.5) is 0 Å². The van der Waals surface area contributed by atoms with Crippen LogP contribution in [0.2, 0.25) is 0 Å². The Bertz CT molecular complexity index is 529. The molecule has 0 aromatic carbocycles. The van der Waals surface area contributed by atoms with Crippen LogP contribution in [0.25, 0.3) is 0 Å². The van der Waals surface area contributed by atoms with Gasteiger partial charge < -0.3 is 9.63 Å². The van der Waals surface area contributed by atoms with Crippen molar-refractivity contribution in [2.24, 2.45) is 0 Å². The Labute approximate surface area is 97.1 Å². The van der Waals surface area contributed by atoms with Crippen molar-refractivity contribution in [1.29, 1.82) is 0 Å². The number of hydrogen-bond acceptors (Lipinski definition) is 5. The highest BCUT2D eigenvalue weighted by molar-refractivity contribution is 5.85. The SMILES string of the molecule is CC(C)c1noc(Cn2nccc2C(=O)O)n1. The van der Waals surface area contributed by atoms with Crippen LogP contribution in [0.15, 0.2) is 16.8 Å². The van der Waals surface area contributed by atoms with E-state index in [2.05, 4.69) is 15.2 Å². The molecule has 0 atom stereocenters. The first-order chi connectivity index (χ1) is 8.08. The third-order valence-electron chi connectivity index (χ3n) is 2.22. The van der Waals surface area contributed by atoms with Gasteiger partial charge in [-0.15, -0.1) is 0 Å². The minimum Gasteiger partial charge on any atom is -0.477 e. The van der Waals surface area contributed by atoms with E-state index >= 15 is 0 Å². The average Bonchev–Trinajstić information content (AvgIpc) is 2.86. The standard InChI is InChI=1S/C10H12N4O3/c1-6(2)9-12-8(17-13-9)5-14-7(10(15)16)3-4-11-14/h3-4,6H,5H2,1-2H3,(H,15,16). The molecular formula is C10H12N4O3. The number of rotatable bonds is 4. The van der Waals surface area contributed by atoms with Crippen molar-refractivity contribution in [1.82, 2.24) is 19.9 Å². The van der Waals surface area contributed by atoms with Gasteiger partial charge in [-0.25, -0.2) is 9.48 Å². The molecular weight excluding hydrogens is 224 g/mol. The summed E-state index contributed by atoms with van der Waals surface area (Å²) in [5.41, 5.74) is 0.0919. The molecule has 0 amide bonds. The van der Waals surface area contributed by atoms with E-state index in [1.807, 2.05) is 13.8 Å². The van der Waals surface area contributed by atoms with Crippen LogP contribution in [-0.4, -0.2) is 31.0 Å². The molecule has 0 aliphatic carbocycles. The first-order valence-electron chi connectivity index (χ1n) is 5.15. The van der Waals surface area contributed by atoms with E-state index in [1.54, 1.807) is 0 Å². The number of nitrogens with zero attached hydrogens (tertiary/aromatic N) is 4. The molecule has 0 unspecified atom stereocenters. The highest BCUT2D eigenvalue weighted by Gasteiger charge is 2.14. The largest absolute Gasteiger partial charge is 0.477 e. The topological polar surface area (TPSA) is 94.0 Å². The smallest absolute Gasteiger partial charge is 0.354 e. The molecule has 0 aliphatic rings. The molecule has 0 saturated heterocycles. The molecule has 2 aromatic rings. The first kappa shape index (κ1) is 11.3. The first-order valence-corrected chi connectivity index (χ1v) is 5.15. The van der Waals surface area contributed by atoms with Crippen molar-refractivity contribution < 1.29 is 14.4 Å². The highest BCUT2D eigenvalue weighted by atomic mass is 16.5. The van der Waals surface area contributed by atoms with E-state index in [4.69, 9.17) is 9.63 Å². The van der Waals surface area contributed by atoms with Gasteiger partial charge in [0, 0.05) is 12.1 Å². The van der Waals surface area contributed by atoms with Crippen molar-refractivity contribution in [2.75, 3.05) is 0 Å². The predicted octanol–water partition coefficient (Wildman–Crippen LogP) is 1.14. The summed E-state index contributed by atoms with van der Waals surface area (Å²) in [5.74, 6) is 0.0825. The second kappa shape index (κ2) is 4.36. The van der Waals surface area contributed by atoms with E-state index in [1.165, 1.54) is 16.9 Å². The maximum absolute atomic E-state index is 10.9. The van der Waals surface area contributed by atoms with Crippen molar-refractivity contribution >= 4 is 5.97 Å². The number of hydrogen-bond donors (Lipinski definition) is 1. The molecule has 2 rings (SSSR count). The minimum absolute atomic E-state index is 0.0919. The van der Waals surface area contributed by atoms with Crippen molar-refractivity contribution in [3.05, 3.63) is 29.7 Å². The van der Waals surface area contributed by atoms with E-state index in [-0.39, 0.29) is 18.2 Å². The van der Waals surface area contributed by atoms with Crippen LogP contribution in [-0.2, 0) is 6.54 Å². The number of aromatic carboxylic acids is 1. The van der Waals surface area contributed by atoms with Crippen LogP contribution in [0.3, 0.4) is 0 Å². The monoisotopic (exact) mass is 236 g/mol. The summed E-state index contributed by atoms with van der Waals surface area (Å²) >= 11 is 0. The zero-order valence-corrected chi connectivity index (χ0v) is 9.49. The number of carboxylic acid groups (broad SMARTS) is 1. The molecule has 0 bridgehead atoms. The Balaban J connectivity index is 2.19. The Hall–Kier alpha value is -2.18. The molecule has 0 spiro atoms. The fourth-order valence-corrected chi connectivity index (χ4v) is 1.34. The van der Waals surface area contributed by atoms with Gasteiger partial charge in [0.1, 0.15) is 12.2 Å². The van der Waals surface area contributed by atoms with E-state index in [0.29, 0.717) is 11.7 Å². The van der Waals surface area contributed by atoms with Crippen molar-refractivity contribution in [3.63, 3.8) is 0 Å². The van der Waals surface area contributed by atoms with Crippen molar-refractivity contribution in [3.8, 4) is 0 Å². The third-order valence-corrected chi connectivity index (χ3v) is 2.22. The summed E-state index contributed by atoms with van der Waals surface area (Å²) in [4.78, 5) is 15.0. The van der Waals surface area contributed by atoms with Gasteiger partial charge in [-0.05, 0) is 6.07 Å². The molecule has 0 aliphatic heterocycles. The minimum atomic E-state index is -1.04. The second-order valence-electron chi connectivity index (χ2n) is 3.88. The lowest BCUT2D eigenvalue weighted by atomic mass is 10.2. The van der Waals surface area contributed by atoms with E-state index < -0.39 is 5.97 Å². The lowest BCUT2D eigenvalue weighted by molar-refractivity contribution is 0.0683. The van der Waals surface area contributed by atoms with Crippen molar-refractivity contribution in [2.45, 2.75) is 26.3 Å². The predicted molar refractivity (Wildman–Crippen MR) is 56.7 cm³/mol. The summed E-state index contributed by atoms with van der Waals surface area (Å²) in [7, 11) is 0. The lowest BCUT2D eigenvalue weighted by Crippen LogP contribution is -2.11. The molecule has 2 heterocycles. The fraction of sp³-hybridized carbons (Fsp3) is 0.400. The normalized spacial score (nSPS) is 11.0. The summed E-state index contributed by atoms with van der Waals surface area (Å²) < 4.78 is 6.32. The van der Waals surface area contributed by atoms with E-state index in [9.17, 15) is 4.79 Å². The molecule has 90 valence electrons. The van der Waals surface area contributed by atoms with Crippen LogP contribution in [0.1, 0.15) is 42.0 Å². The molecule has 1 N–H and O–H groups in total. The van der Waals surface area contributed by atoms with Crippen LogP contribution in [0, 0.1) is 0 Å². The highest BCUT2D eigenvalue weighted by Crippen LogP contribution is 2.11. The van der Waals surface area contributed by atoms with Gasteiger partial charge in [-0.2, -0.15) is 10.1 Å². The maximum Gasteiger partial charge on any atom is 0.354 e. The van der Waals surface area contributed by atoms with Crippen LogP contribution >= 0.6 is 0 Å². The Morgan fingerprint density at radius 2 is 2.35 bits per heavy atom. The summed E-state index contributed by atoms with van der Waals surface area (Å²) in [5, 5.41) is 16.6. The fourth-order valence-electron chi connectivity index (χ4n) is 1.34. The summed E-state index contributed by atoms with van der Waals surface area (Å²) in [6, 6.07) is 1.42. The molecule has 7 nitrogen and oxygen atoms in total. The zero-order valence-electron chi connectivity index (χ0n) is 9.49. The molecule has 0 fully saturated rings. The third kappa shape index (κ3) is 2.32. The maximum atomic E-state index is 10.9. The number of carbonyl (C=O) groups is 1. The second-order valence-corrected chi connectivity index (χ2v) is 3.88. The van der Waals surface area contributed by atoms with Gasteiger partial charge in [0.25, 0.3) is 0 Å². The molecule has 0 radical (unpaired) electrons. The number of aromatic nitrogens is 4. The average molecular weight is 236 g/mol. The molecule has 17 heavy (non-hydrogen) atoms. The molecule has 0 saturated carbocycles. The van der Waals surface area contributed by atoms with Crippen LogP contribution in [0.5, 0.6) is 0 Å². The molecule has 7 heteroatoms. The quantitative estimate of drug-likeness (QED) is 0.855. The Morgan fingerprint density at radius 1 is 1.59 bits per heavy atom. The van der Waals surface area contributed by atoms with Gasteiger partial charge in [-0.1, -0.05) is 19.0 Å². The zero-order chi connectivity index (χ0) is 12.4. The van der Waals surface area contributed by atoms with E-state index in [0.717, 1.165) is 0 Å². The lowest BCUT2D eigenvalue weighted by Gasteiger charge is -1.99. The van der Waals surface area contributed by atoms with Gasteiger partial charge in [-0.3, -0.25) is 0 Å². The van der Waals surface area contributed by atoms with Crippen LogP contribution < -0.4 is 0 Å². The van der Waals surface area contributed by atoms with Gasteiger partial charge in [0.15, 0.2) is 5.82 Å².